The van der Waals surface area contributed by atoms with Crippen LogP contribution in [0.25, 0.3) is 0 Å². The van der Waals surface area contributed by atoms with Crippen LogP contribution in [0.5, 0.6) is 0 Å². The van der Waals surface area contributed by atoms with Crippen LogP contribution in [0.1, 0.15) is 22.3 Å². The molecule has 5 nitrogen and oxygen atoms in total. The van der Waals surface area contributed by atoms with E-state index in [1.54, 1.807) is 0 Å². The second-order valence-corrected chi connectivity index (χ2v) is 6.15. The molecule has 0 radical (unpaired) electrons. The van der Waals surface area contributed by atoms with E-state index in [0.717, 1.165) is 32.7 Å². The van der Waals surface area contributed by atoms with Gasteiger partial charge in [-0.15, -0.1) is 0 Å². The molecule has 0 aromatic heterocycles. The van der Waals surface area contributed by atoms with Gasteiger partial charge in [-0.05, 0) is 24.1 Å². The van der Waals surface area contributed by atoms with Crippen LogP contribution in [0.2, 0.25) is 0 Å². The molecule has 1 aromatic carbocycles. The van der Waals surface area contributed by atoms with Gasteiger partial charge in [0.2, 0.25) is 0 Å². The molecule has 120 valence electrons. The molecule has 0 saturated carbocycles. The Labute approximate surface area is 132 Å². The van der Waals surface area contributed by atoms with Crippen molar-refractivity contribution in [3.8, 4) is 0 Å². The number of piperazine rings is 1. The number of hydrogen-bond acceptors (Lipinski definition) is 5. The standard InChI is InChI=1S/C17H25N3O2/c1-22-17(21)15-4-2-14(3-5-15)12-19-9-6-16(13-19)20-10-7-18-8-11-20/h2-5,16,18H,6-13H2,1H3. The number of carbonyl (C=O) groups excluding carboxylic acids is 1. The highest BCUT2D eigenvalue weighted by Crippen LogP contribution is 2.19. The highest BCUT2D eigenvalue weighted by atomic mass is 16.5. The van der Waals surface area contributed by atoms with Gasteiger partial charge in [-0.2, -0.15) is 0 Å². The maximum Gasteiger partial charge on any atom is 0.337 e. The Morgan fingerprint density at radius 3 is 2.64 bits per heavy atom. The van der Waals surface area contributed by atoms with E-state index in [0.29, 0.717) is 11.6 Å². The number of nitrogens with zero attached hydrogens (tertiary/aromatic N) is 2. The van der Waals surface area contributed by atoms with E-state index in [-0.39, 0.29) is 5.97 Å². The summed E-state index contributed by atoms with van der Waals surface area (Å²) in [6.07, 6.45) is 1.26. The summed E-state index contributed by atoms with van der Waals surface area (Å²) in [5.74, 6) is -0.272. The molecular weight excluding hydrogens is 278 g/mol. The number of carbonyl (C=O) groups is 1. The number of hydrogen-bond donors (Lipinski definition) is 1. The predicted molar refractivity (Wildman–Crippen MR) is 85.9 cm³/mol. The first-order chi connectivity index (χ1) is 10.8. The van der Waals surface area contributed by atoms with Crippen LogP contribution in [-0.4, -0.2) is 68.2 Å². The van der Waals surface area contributed by atoms with Crippen molar-refractivity contribution in [3.05, 3.63) is 35.4 Å². The Morgan fingerprint density at radius 1 is 1.23 bits per heavy atom. The minimum absolute atomic E-state index is 0.272. The molecule has 0 spiro atoms. The van der Waals surface area contributed by atoms with Crippen LogP contribution in [0, 0.1) is 0 Å². The van der Waals surface area contributed by atoms with Crippen LogP contribution in [0.15, 0.2) is 24.3 Å². The van der Waals surface area contributed by atoms with Gasteiger partial charge in [0, 0.05) is 51.9 Å². The summed E-state index contributed by atoms with van der Waals surface area (Å²) in [6, 6.07) is 8.47. The van der Waals surface area contributed by atoms with Crippen molar-refractivity contribution in [3.63, 3.8) is 0 Å². The van der Waals surface area contributed by atoms with Gasteiger partial charge in [0.15, 0.2) is 0 Å². The summed E-state index contributed by atoms with van der Waals surface area (Å²) in [7, 11) is 1.41. The first kappa shape index (κ1) is 15.5. The Kier molecular flexibility index (Phi) is 5.08. The number of ether oxygens (including phenoxy) is 1. The molecule has 2 aliphatic rings. The lowest BCUT2D eigenvalue weighted by Crippen LogP contribution is -2.49. The zero-order valence-electron chi connectivity index (χ0n) is 13.3. The van der Waals surface area contributed by atoms with Crippen molar-refractivity contribution in [2.24, 2.45) is 0 Å². The second kappa shape index (κ2) is 7.22. The summed E-state index contributed by atoms with van der Waals surface area (Å²) in [5.41, 5.74) is 1.87. The Morgan fingerprint density at radius 2 is 1.95 bits per heavy atom. The van der Waals surface area contributed by atoms with E-state index in [4.69, 9.17) is 4.74 Å². The van der Waals surface area contributed by atoms with Crippen LogP contribution < -0.4 is 5.32 Å². The third kappa shape index (κ3) is 3.66. The van der Waals surface area contributed by atoms with Crippen LogP contribution in [0.4, 0.5) is 0 Å². The topological polar surface area (TPSA) is 44.8 Å². The number of likely N-dealkylation sites (tertiary alicyclic amines) is 1. The van der Waals surface area contributed by atoms with Crippen molar-refractivity contribution < 1.29 is 9.53 Å². The quantitative estimate of drug-likeness (QED) is 0.839. The van der Waals surface area contributed by atoms with Crippen LogP contribution >= 0.6 is 0 Å². The van der Waals surface area contributed by atoms with E-state index in [1.807, 2.05) is 24.3 Å². The Balaban J connectivity index is 1.52. The molecule has 0 amide bonds. The first-order valence-corrected chi connectivity index (χ1v) is 8.10. The van der Waals surface area contributed by atoms with Gasteiger partial charge in [-0.3, -0.25) is 9.80 Å². The normalized spacial score (nSPS) is 23.6. The molecule has 5 heteroatoms. The summed E-state index contributed by atoms with van der Waals surface area (Å²) in [4.78, 5) is 16.6. The molecular formula is C17H25N3O2. The summed E-state index contributed by atoms with van der Waals surface area (Å²) >= 11 is 0. The number of methoxy groups -OCH3 is 1. The highest BCUT2D eigenvalue weighted by Gasteiger charge is 2.28. The van der Waals surface area contributed by atoms with Crippen molar-refractivity contribution in [2.75, 3.05) is 46.4 Å². The molecule has 1 N–H and O–H groups in total. The number of rotatable bonds is 4. The molecule has 3 rings (SSSR count). The molecule has 0 aliphatic carbocycles. The zero-order valence-corrected chi connectivity index (χ0v) is 13.3. The van der Waals surface area contributed by atoms with Gasteiger partial charge in [0.1, 0.15) is 0 Å². The number of benzene rings is 1. The predicted octanol–water partition coefficient (Wildman–Crippen LogP) is 0.953. The van der Waals surface area contributed by atoms with E-state index in [2.05, 4.69) is 15.1 Å². The fraction of sp³-hybridized carbons (Fsp3) is 0.588. The smallest absolute Gasteiger partial charge is 0.337 e. The van der Waals surface area contributed by atoms with Crippen molar-refractivity contribution in [1.82, 2.24) is 15.1 Å². The van der Waals surface area contributed by atoms with E-state index < -0.39 is 0 Å². The highest BCUT2D eigenvalue weighted by molar-refractivity contribution is 5.89. The molecule has 1 atom stereocenters. The van der Waals surface area contributed by atoms with Gasteiger partial charge in [-0.1, -0.05) is 12.1 Å². The van der Waals surface area contributed by atoms with Crippen molar-refractivity contribution >= 4 is 5.97 Å². The van der Waals surface area contributed by atoms with Gasteiger partial charge in [0.05, 0.1) is 12.7 Å². The molecule has 2 saturated heterocycles. The third-order valence-corrected chi connectivity index (χ3v) is 4.70. The number of esters is 1. The van der Waals surface area contributed by atoms with Gasteiger partial charge >= 0.3 is 5.97 Å². The van der Waals surface area contributed by atoms with Crippen molar-refractivity contribution in [1.29, 1.82) is 0 Å². The largest absolute Gasteiger partial charge is 0.465 e. The minimum atomic E-state index is -0.272. The SMILES string of the molecule is COC(=O)c1ccc(CN2CCC(N3CCNCC3)C2)cc1. The average Bonchev–Trinajstić information content (AvgIpc) is 3.04. The maximum atomic E-state index is 11.4. The van der Waals surface area contributed by atoms with Crippen molar-refractivity contribution in [2.45, 2.75) is 19.0 Å². The third-order valence-electron chi connectivity index (χ3n) is 4.70. The van der Waals surface area contributed by atoms with Crippen LogP contribution in [0.3, 0.4) is 0 Å². The zero-order chi connectivity index (χ0) is 15.4. The van der Waals surface area contributed by atoms with Gasteiger partial charge < -0.3 is 10.1 Å². The van der Waals surface area contributed by atoms with E-state index in [9.17, 15) is 4.79 Å². The van der Waals surface area contributed by atoms with Crippen LogP contribution in [-0.2, 0) is 11.3 Å². The molecule has 0 bridgehead atoms. The van der Waals surface area contributed by atoms with E-state index in [1.165, 1.54) is 32.2 Å². The molecule has 1 aromatic rings. The second-order valence-electron chi connectivity index (χ2n) is 6.15. The van der Waals surface area contributed by atoms with Gasteiger partial charge in [-0.25, -0.2) is 4.79 Å². The summed E-state index contributed by atoms with van der Waals surface area (Å²) in [6.45, 7) is 7.85. The summed E-state index contributed by atoms with van der Waals surface area (Å²) < 4.78 is 4.73. The molecule has 22 heavy (non-hydrogen) atoms. The molecule has 2 fully saturated rings. The van der Waals surface area contributed by atoms with Gasteiger partial charge in [0.25, 0.3) is 0 Å². The first-order valence-electron chi connectivity index (χ1n) is 8.10. The van der Waals surface area contributed by atoms with E-state index >= 15 is 0 Å². The molecule has 2 heterocycles. The lowest BCUT2D eigenvalue weighted by molar-refractivity contribution is 0.0600. The minimum Gasteiger partial charge on any atom is -0.465 e. The average molecular weight is 303 g/mol. The lowest BCUT2D eigenvalue weighted by atomic mass is 10.1. The Bertz CT molecular complexity index is 497. The Hall–Kier alpha value is -1.43. The summed E-state index contributed by atoms with van der Waals surface area (Å²) in [5, 5.41) is 3.42. The maximum absolute atomic E-state index is 11.4. The fourth-order valence-corrected chi connectivity index (χ4v) is 3.42. The monoisotopic (exact) mass is 303 g/mol. The number of nitrogens with one attached hydrogen (secondary N) is 1. The fourth-order valence-electron chi connectivity index (χ4n) is 3.42. The molecule has 1 unspecified atom stereocenters. The lowest BCUT2D eigenvalue weighted by Gasteiger charge is -2.32. The molecule has 2 aliphatic heterocycles.